The zero-order chi connectivity index (χ0) is 49.4. The number of sulfonamides is 1. The monoisotopic (exact) mass is 1060 g/mol. The summed E-state index contributed by atoms with van der Waals surface area (Å²) in [6.45, 7) is 4.43. The molecule has 7 rings (SSSR count). The van der Waals surface area contributed by atoms with Crippen molar-refractivity contribution in [1.29, 1.82) is 0 Å². The molecular weight excluding hydrogens is 1010 g/mol. The van der Waals surface area contributed by atoms with Gasteiger partial charge in [0.25, 0.3) is 9.05 Å². The summed E-state index contributed by atoms with van der Waals surface area (Å²) < 4.78 is 60.4. The Hall–Kier alpha value is -3.22. The smallest absolute Gasteiger partial charge is 0.327 e. The maximum absolute atomic E-state index is 13.0. The van der Waals surface area contributed by atoms with Crippen molar-refractivity contribution in [2.45, 2.75) is 64.9 Å². The summed E-state index contributed by atoms with van der Waals surface area (Å²) in [5.41, 5.74) is 8.51. The highest BCUT2D eigenvalue weighted by Gasteiger charge is 2.45. The van der Waals surface area contributed by atoms with Gasteiger partial charge in [-0.25, -0.2) is 26.8 Å². The lowest BCUT2D eigenvalue weighted by molar-refractivity contribution is -0.150. The van der Waals surface area contributed by atoms with Crippen LogP contribution >= 0.6 is 57.1 Å². The second-order valence-electron chi connectivity index (χ2n) is 16.3. The van der Waals surface area contributed by atoms with Crippen LogP contribution in [0.5, 0.6) is 0 Å². The number of likely N-dealkylation sites (tertiary alicyclic amines) is 3. The molecule has 2 aromatic carbocycles. The number of carbonyl (C=O) groups excluding carboxylic acids is 2. The van der Waals surface area contributed by atoms with Gasteiger partial charge in [0.1, 0.15) is 26.9 Å². The van der Waals surface area contributed by atoms with Crippen LogP contribution < -0.4 is 16.2 Å². The standard InChI is InChI=1S/C17H19Cl2N3O4S.C9H4Cl3NO2S.C8H16N2O2.C7H14N2O2/c1-22-7-5-17(6-8-22,16(23)26-2)21-27(24,25)11-3-4-12-13(9-11)15(19)20-10-14(12)18;10-8-4-13-9(11)7-3-5(16(12,14)15)1-2-6(7)8;1-10-5-3-8(9,4-6-10)7(11)12-2;1-9-4-2-7(8,3-5-9)6(10)11/h3-4,9-10,21H,5-8H2,1-2H3;1-4H;3-6,9H2,1-2H3;2-5,8H2,1H3,(H,10,11). The number of fused-ring (bicyclic) bond motifs is 2. The summed E-state index contributed by atoms with van der Waals surface area (Å²) in [4.78, 5) is 48.3. The molecule has 364 valence electrons. The number of carboxylic acids is 1. The summed E-state index contributed by atoms with van der Waals surface area (Å²) in [7, 11) is 5.98. The van der Waals surface area contributed by atoms with Crippen LogP contribution in [0.25, 0.3) is 21.5 Å². The zero-order valence-corrected chi connectivity index (χ0v) is 42.2. The van der Waals surface area contributed by atoms with Crippen molar-refractivity contribution in [3.63, 3.8) is 0 Å². The van der Waals surface area contributed by atoms with E-state index in [0.29, 0.717) is 83.2 Å². The number of rotatable bonds is 7. The average Bonchev–Trinajstić information content (AvgIpc) is 3.28. The molecule has 0 spiro atoms. The fourth-order valence-electron chi connectivity index (χ4n) is 7.14. The molecule has 25 heteroatoms. The number of hydrogen-bond acceptors (Lipinski definition) is 16. The van der Waals surface area contributed by atoms with Gasteiger partial charge in [0.05, 0.1) is 34.1 Å². The molecule has 3 aliphatic heterocycles. The largest absolute Gasteiger partial charge is 0.480 e. The third-order valence-corrected chi connectivity index (χ3v) is 15.7. The second-order valence-corrected chi connectivity index (χ2v) is 22.1. The van der Waals surface area contributed by atoms with Crippen LogP contribution in [0.15, 0.2) is 58.6 Å². The molecule has 66 heavy (non-hydrogen) atoms. The van der Waals surface area contributed by atoms with Gasteiger partial charge >= 0.3 is 17.9 Å². The lowest BCUT2D eigenvalue weighted by atomic mass is 9.89. The molecule has 0 bridgehead atoms. The molecular formula is C41H53Cl5N8O10S2. The zero-order valence-electron chi connectivity index (χ0n) is 36.8. The number of halogens is 5. The highest BCUT2D eigenvalue weighted by Crippen LogP contribution is 2.33. The topological polar surface area (TPSA) is 258 Å². The number of methoxy groups -OCH3 is 2. The second kappa shape index (κ2) is 22.9. The van der Waals surface area contributed by atoms with Crippen LogP contribution in [-0.2, 0) is 42.9 Å². The van der Waals surface area contributed by atoms with Gasteiger partial charge in [-0.2, -0.15) is 4.72 Å². The first-order valence-electron chi connectivity index (χ1n) is 20.2. The summed E-state index contributed by atoms with van der Waals surface area (Å²) in [5, 5.41) is 11.9. The van der Waals surface area contributed by atoms with E-state index in [1.807, 2.05) is 26.0 Å². The SMILES string of the molecule is CN1CCC(N)(C(=O)O)CC1.COC(=O)C1(N)CCN(C)CC1.COC(=O)C1(NS(=O)(=O)c2ccc3c(Cl)cnc(Cl)c3c2)CCN(C)CC1.O=S(=O)(Cl)c1ccc2c(Cl)cnc(Cl)c2c1. The summed E-state index contributed by atoms with van der Waals surface area (Å²) in [6, 6.07) is 8.65. The van der Waals surface area contributed by atoms with E-state index in [0.717, 1.165) is 26.2 Å². The minimum atomic E-state index is -4.01. The van der Waals surface area contributed by atoms with Crippen LogP contribution in [0.2, 0.25) is 20.4 Å². The van der Waals surface area contributed by atoms with Crippen LogP contribution in [0.1, 0.15) is 38.5 Å². The number of benzene rings is 2. The number of nitrogens with zero attached hydrogens (tertiary/aromatic N) is 5. The fourth-order valence-corrected chi connectivity index (χ4v) is 10.2. The minimum Gasteiger partial charge on any atom is -0.480 e. The molecule has 0 atom stereocenters. The van der Waals surface area contributed by atoms with Crippen molar-refractivity contribution in [1.82, 2.24) is 29.4 Å². The Morgan fingerprint density at radius 1 is 0.636 bits per heavy atom. The van der Waals surface area contributed by atoms with E-state index >= 15 is 0 Å². The molecule has 0 radical (unpaired) electrons. The number of hydrogen-bond donors (Lipinski definition) is 4. The van der Waals surface area contributed by atoms with Crippen LogP contribution in [-0.4, -0.2) is 156 Å². The lowest BCUT2D eigenvalue weighted by Gasteiger charge is -2.38. The van der Waals surface area contributed by atoms with E-state index in [4.69, 9.17) is 78.4 Å². The van der Waals surface area contributed by atoms with Crippen molar-refractivity contribution < 1.29 is 45.8 Å². The maximum atomic E-state index is 13.0. The molecule has 5 heterocycles. The first-order chi connectivity index (χ1) is 30.7. The van der Waals surface area contributed by atoms with E-state index in [1.165, 1.54) is 50.9 Å². The Bertz CT molecular complexity index is 2630. The molecule has 3 fully saturated rings. The van der Waals surface area contributed by atoms with Gasteiger partial charge in [0.15, 0.2) is 0 Å². The molecule has 3 saturated heterocycles. The Balaban J connectivity index is 0.000000208. The normalized spacial score (nSPS) is 18.6. The molecule has 3 aliphatic rings. The molecule has 2 aromatic heterocycles. The summed E-state index contributed by atoms with van der Waals surface area (Å²) >= 11 is 23.9. The fraction of sp³-hybridized carbons (Fsp3) is 0.488. The summed E-state index contributed by atoms with van der Waals surface area (Å²) in [5.74, 6) is -1.75. The highest BCUT2D eigenvalue weighted by atomic mass is 35.7. The number of esters is 2. The molecule has 0 saturated carbocycles. The van der Waals surface area contributed by atoms with Crippen LogP contribution in [0.4, 0.5) is 0 Å². The number of piperidine rings is 3. The van der Waals surface area contributed by atoms with E-state index in [9.17, 15) is 31.2 Å². The Morgan fingerprint density at radius 3 is 1.41 bits per heavy atom. The number of pyridine rings is 2. The predicted molar refractivity (Wildman–Crippen MR) is 255 cm³/mol. The average molecular weight is 1060 g/mol. The third kappa shape index (κ3) is 14.0. The Kier molecular flexibility index (Phi) is 19.2. The number of carboxylic acid groups (broad SMARTS) is 1. The number of ether oxygens (including phenoxy) is 2. The van der Waals surface area contributed by atoms with Gasteiger partial charge in [0, 0.05) is 83.9 Å². The number of aliphatic carboxylic acids is 1. The van der Waals surface area contributed by atoms with Gasteiger partial charge in [-0.05, 0) is 83.9 Å². The highest BCUT2D eigenvalue weighted by molar-refractivity contribution is 8.13. The first-order valence-corrected chi connectivity index (χ1v) is 25.5. The van der Waals surface area contributed by atoms with Gasteiger partial charge in [-0.15, -0.1) is 0 Å². The number of aromatic nitrogens is 2. The maximum Gasteiger partial charge on any atom is 0.327 e. The van der Waals surface area contributed by atoms with Gasteiger partial charge < -0.3 is 40.7 Å². The number of nitrogens with one attached hydrogen (secondary N) is 1. The molecule has 18 nitrogen and oxygen atoms in total. The summed E-state index contributed by atoms with van der Waals surface area (Å²) in [6.07, 6.45) is 5.93. The van der Waals surface area contributed by atoms with E-state index in [1.54, 1.807) is 12.1 Å². The van der Waals surface area contributed by atoms with E-state index < -0.39 is 47.6 Å². The van der Waals surface area contributed by atoms with Crippen molar-refractivity contribution in [3.8, 4) is 0 Å². The van der Waals surface area contributed by atoms with Crippen molar-refractivity contribution in [2.75, 3.05) is 74.6 Å². The first kappa shape index (κ1) is 55.4. The van der Waals surface area contributed by atoms with Gasteiger partial charge in [-0.3, -0.25) is 14.4 Å². The molecule has 0 unspecified atom stereocenters. The Morgan fingerprint density at radius 2 is 1.02 bits per heavy atom. The molecule has 0 amide bonds. The van der Waals surface area contributed by atoms with Crippen LogP contribution in [0, 0.1) is 0 Å². The van der Waals surface area contributed by atoms with Crippen molar-refractivity contribution in [3.05, 3.63) is 69.1 Å². The number of carbonyl (C=O) groups is 3. The van der Waals surface area contributed by atoms with Crippen LogP contribution in [0.3, 0.4) is 0 Å². The van der Waals surface area contributed by atoms with Crippen molar-refractivity contribution >= 4 is 116 Å². The predicted octanol–water partition coefficient (Wildman–Crippen LogP) is 5.00. The van der Waals surface area contributed by atoms with Gasteiger partial charge in [-0.1, -0.05) is 58.5 Å². The molecule has 0 aliphatic carbocycles. The quantitative estimate of drug-likeness (QED) is 0.108. The van der Waals surface area contributed by atoms with Gasteiger partial charge in [0.2, 0.25) is 10.0 Å². The number of nitrogens with two attached hydrogens (primary N) is 2. The molecule has 4 aromatic rings. The Labute approximate surface area is 408 Å². The van der Waals surface area contributed by atoms with Crippen molar-refractivity contribution in [2.24, 2.45) is 11.5 Å². The van der Waals surface area contributed by atoms with E-state index in [-0.39, 0.29) is 26.1 Å². The van der Waals surface area contributed by atoms with E-state index in [2.05, 4.69) is 29.2 Å². The third-order valence-electron chi connectivity index (χ3n) is 11.6. The lowest BCUT2D eigenvalue weighted by Crippen LogP contribution is -2.59. The minimum absolute atomic E-state index is 0.0248. The molecule has 6 N–H and O–H groups in total.